The quantitative estimate of drug-likeness (QED) is 0.0735. The van der Waals surface area contributed by atoms with Crippen molar-refractivity contribution in [1.82, 2.24) is 49.8 Å². The number of nitrogens with zero attached hydrogens (tertiary/aromatic N) is 10. The number of carboxylic acids is 1. The first kappa shape index (κ1) is 51.5. The fourth-order valence-electron chi connectivity index (χ4n) is 8.87. The van der Waals surface area contributed by atoms with Crippen molar-refractivity contribution < 1.29 is 23.7 Å². The van der Waals surface area contributed by atoms with Crippen molar-refractivity contribution in [3.8, 4) is 22.3 Å². The number of carbonyl (C=O) groups is 2. The molecule has 18 heteroatoms. The highest BCUT2D eigenvalue weighted by atomic mass is 16.5. The number of benzene rings is 2. The maximum Gasteiger partial charge on any atom is 0.377 e. The number of carboxylic acid groups (broad SMARTS) is 1. The molecule has 0 aliphatic heterocycles. The fraction of sp³-hybridized carbons (Fsp3) is 0.382. The number of aryl methyl sites for hydroxylation is 4. The van der Waals surface area contributed by atoms with Gasteiger partial charge < -0.3 is 30.5 Å². The molecule has 73 heavy (non-hydrogen) atoms. The molecule has 2 aliphatic rings. The number of nitrogens with two attached hydrogens (primary N) is 1. The molecule has 8 aromatic rings. The van der Waals surface area contributed by atoms with Gasteiger partial charge in [0.25, 0.3) is 5.82 Å². The lowest BCUT2D eigenvalue weighted by Crippen LogP contribution is -2.13. The number of ketones is 1. The van der Waals surface area contributed by atoms with Gasteiger partial charge in [0.15, 0.2) is 0 Å². The molecule has 0 unspecified atom stereocenters. The summed E-state index contributed by atoms with van der Waals surface area (Å²) in [5.74, 6) is 1.23. The molecule has 0 saturated heterocycles. The van der Waals surface area contributed by atoms with Crippen LogP contribution in [-0.2, 0) is 37.8 Å². The van der Waals surface area contributed by atoms with Crippen LogP contribution in [0.25, 0.3) is 22.3 Å². The zero-order valence-electron chi connectivity index (χ0n) is 42.9. The summed E-state index contributed by atoms with van der Waals surface area (Å²) in [5.41, 5.74) is 17.4. The summed E-state index contributed by atoms with van der Waals surface area (Å²) in [6, 6.07) is 21.7. The van der Waals surface area contributed by atoms with E-state index in [9.17, 15) is 9.59 Å². The number of anilines is 4. The molecule has 0 bridgehead atoms. The van der Waals surface area contributed by atoms with E-state index in [2.05, 4.69) is 99.6 Å². The van der Waals surface area contributed by atoms with Crippen LogP contribution in [0, 0.1) is 0 Å². The summed E-state index contributed by atoms with van der Waals surface area (Å²) in [5, 5.41) is 30.7. The van der Waals surface area contributed by atoms with Crippen LogP contribution in [0.4, 0.5) is 23.0 Å². The van der Waals surface area contributed by atoms with Gasteiger partial charge >= 0.3 is 5.97 Å². The van der Waals surface area contributed by atoms with Crippen molar-refractivity contribution in [3.63, 3.8) is 0 Å². The van der Waals surface area contributed by atoms with E-state index in [1.807, 2.05) is 92.6 Å². The molecule has 6 heterocycles. The first-order valence-corrected chi connectivity index (χ1v) is 24.8. The van der Waals surface area contributed by atoms with Gasteiger partial charge in [0.2, 0.25) is 23.4 Å². The van der Waals surface area contributed by atoms with Crippen LogP contribution in [0.3, 0.4) is 0 Å². The van der Waals surface area contributed by atoms with Gasteiger partial charge in [-0.15, -0.1) is 0 Å². The second-order valence-corrected chi connectivity index (χ2v) is 20.8. The summed E-state index contributed by atoms with van der Waals surface area (Å²) in [6.45, 7) is 11.6. The second kappa shape index (κ2) is 22.3. The molecular weight excluding hydrogens is 923 g/mol. The van der Waals surface area contributed by atoms with Crippen molar-refractivity contribution >= 4 is 34.8 Å². The smallest absolute Gasteiger partial charge is 0.377 e. The number of fused-ring (bicyclic) bond motifs is 2. The molecule has 2 atom stereocenters. The number of carbonyl (C=O) groups excluding carboxylic acids is 1. The molecule has 18 nitrogen and oxygen atoms in total. The predicted octanol–water partition coefficient (Wildman–Crippen LogP) is 11.0. The monoisotopic (exact) mass is 988 g/mol. The Balaban J connectivity index is 0.000000165. The summed E-state index contributed by atoms with van der Waals surface area (Å²) in [7, 11) is 3.78. The lowest BCUT2D eigenvalue weighted by atomic mass is 9.87. The molecule has 2 aromatic carbocycles. The van der Waals surface area contributed by atoms with E-state index in [-0.39, 0.29) is 40.2 Å². The number of aromatic carboxylic acids is 1. The van der Waals surface area contributed by atoms with Crippen molar-refractivity contribution in [2.24, 2.45) is 19.8 Å². The third-order valence-corrected chi connectivity index (χ3v) is 12.7. The largest absolute Gasteiger partial charge is 0.475 e. The molecule has 5 N–H and O–H groups in total. The van der Waals surface area contributed by atoms with E-state index < -0.39 is 5.97 Å². The first-order valence-electron chi connectivity index (χ1n) is 24.8. The third-order valence-electron chi connectivity index (χ3n) is 12.7. The molecule has 380 valence electrons. The Labute approximate surface area is 425 Å². The highest BCUT2D eigenvalue weighted by molar-refractivity contribution is 5.93. The molecule has 2 aliphatic carbocycles. The van der Waals surface area contributed by atoms with Gasteiger partial charge in [-0.2, -0.15) is 20.2 Å². The van der Waals surface area contributed by atoms with Gasteiger partial charge in [-0.05, 0) is 118 Å². The number of Topliss-reactive ketones (excluding diaryl/α,β-unsaturated/α-hetero) is 1. The highest BCUT2D eigenvalue weighted by Gasteiger charge is 2.28. The van der Waals surface area contributed by atoms with Crippen LogP contribution < -0.4 is 16.4 Å². The topological polar surface area (TPSA) is 244 Å². The minimum absolute atomic E-state index is 0.0589. The Morgan fingerprint density at radius 3 is 1.62 bits per heavy atom. The molecule has 0 radical (unpaired) electrons. The molecule has 10 rings (SSSR count). The third kappa shape index (κ3) is 13.4. The molecular formula is C55H65N13O5. The maximum atomic E-state index is 13.0. The summed E-state index contributed by atoms with van der Waals surface area (Å²) in [4.78, 5) is 40.4. The fourth-order valence-corrected chi connectivity index (χ4v) is 8.87. The van der Waals surface area contributed by atoms with Crippen LogP contribution in [0.15, 0.2) is 107 Å². The predicted molar refractivity (Wildman–Crippen MR) is 279 cm³/mol. The number of rotatable bonds is 10. The van der Waals surface area contributed by atoms with Gasteiger partial charge in [0.05, 0.1) is 23.8 Å². The Hall–Kier alpha value is -7.86. The SMILES string of the molecule is CC(C)(C)c1nc(C(=O)O)no1.Cn1cc(Nc2cc(-c3ccc4c(c3)CCCC[C@H]4CC(=O)c3noc(C(C)(C)C)n3)ccn2)cn1.Cn1cc(Nc2cc(-c3ccc4c(c3)CCCC[C@H]4N)ccn2)cn1. The van der Waals surface area contributed by atoms with Crippen molar-refractivity contribution in [1.29, 1.82) is 0 Å². The summed E-state index contributed by atoms with van der Waals surface area (Å²) in [6.07, 6.45) is 20.3. The van der Waals surface area contributed by atoms with Gasteiger partial charge in [-0.3, -0.25) is 14.2 Å². The van der Waals surface area contributed by atoms with Gasteiger partial charge in [-0.25, -0.2) is 14.8 Å². The van der Waals surface area contributed by atoms with Crippen molar-refractivity contribution in [2.45, 2.75) is 122 Å². The standard InChI is InChI=1S/C28H32N6O2.C20H23N5.C7H10N2O3/c1-28(2,3)27-32-26(33-36-27)24(35)14-21-8-6-5-7-20-13-18(9-10-23(20)21)19-11-12-29-25(15-19)31-22-16-30-34(4)17-22;1-25-13-17(12-23-25)24-20-11-15(8-9-22-20)14-6-7-18-16(10-14)4-2-3-5-19(18)21;1-7(2,3)6-8-4(5(10)11)9-12-6/h9-13,15-17,21H,5-8,14H2,1-4H3,(H,29,31);6-13,19H,2-5,21H2,1H3,(H,22,24);1-3H3,(H,10,11)/t21-;19-;/m01./s1. The van der Waals surface area contributed by atoms with E-state index >= 15 is 0 Å². The minimum atomic E-state index is -1.17. The number of hydrogen-bond acceptors (Lipinski definition) is 15. The Morgan fingerprint density at radius 2 is 1.14 bits per heavy atom. The number of aromatic nitrogens is 10. The van der Waals surface area contributed by atoms with Crippen LogP contribution in [0.1, 0.15) is 154 Å². The van der Waals surface area contributed by atoms with Gasteiger partial charge in [0, 0.05) is 62.2 Å². The van der Waals surface area contributed by atoms with E-state index in [1.165, 1.54) is 40.7 Å². The lowest BCUT2D eigenvalue weighted by molar-refractivity contribution is 0.0679. The maximum absolute atomic E-state index is 13.0. The first-order chi connectivity index (χ1) is 34.9. The van der Waals surface area contributed by atoms with Crippen LogP contribution in [0.5, 0.6) is 0 Å². The van der Waals surface area contributed by atoms with E-state index in [0.29, 0.717) is 18.2 Å². The molecule has 0 saturated carbocycles. The average Bonchev–Trinajstić information content (AvgIpc) is 4.18. The number of nitrogens with one attached hydrogen (secondary N) is 2. The normalized spacial score (nSPS) is 15.5. The highest BCUT2D eigenvalue weighted by Crippen LogP contribution is 2.37. The Morgan fingerprint density at radius 1 is 0.658 bits per heavy atom. The second-order valence-electron chi connectivity index (χ2n) is 20.8. The summed E-state index contributed by atoms with van der Waals surface area (Å²) >= 11 is 0. The van der Waals surface area contributed by atoms with Crippen molar-refractivity contribution in [2.75, 3.05) is 10.6 Å². The van der Waals surface area contributed by atoms with Crippen LogP contribution in [0.2, 0.25) is 0 Å². The average molecular weight is 988 g/mol. The molecule has 0 amide bonds. The van der Waals surface area contributed by atoms with Crippen molar-refractivity contribution in [3.05, 3.63) is 144 Å². The molecule has 0 fully saturated rings. The number of hydrogen-bond donors (Lipinski definition) is 4. The van der Waals surface area contributed by atoms with E-state index in [4.69, 9.17) is 19.9 Å². The summed E-state index contributed by atoms with van der Waals surface area (Å²) < 4.78 is 13.6. The van der Waals surface area contributed by atoms with E-state index in [1.54, 1.807) is 21.8 Å². The minimum Gasteiger partial charge on any atom is -0.475 e. The Kier molecular flexibility index (Phi) is 15.7. The lowest BCUT2D eigenvalue weighted by Gasteiger charge is -2.17. The molecule has 0 spiro atoms. The molecule has 6 aromatic heterocycles. The van der Waals surface area contributed by atoms with Crippen LogP contribution in [-0.4, -0.2) is 66.7 Å². The van der Waals surface area contributed by atoms with Gasteiger partial charge in [0.1, 0.15) is 11.6 Å². The number of pyridine rings is 2. The zero-order chi connectivity index (χ0) is 51.9. The Bertz CT molecular complexity index is 3170. The van der Waals surface area contributed by atoms with Crippen LogP contribution >= 0.6 is 0 Å². The zero-order valence-corrected chi connectivity index (χ0v) is 42.9. The van der Waals surface area contributed by atoms with E-state index in [0.717, 1.165) is 78.2 Å². The van der Waals surface area contributed by atoms with Gasteiger partial charge in [-0.1, -0.05) is 95.9 Å².